The summed E-state index contributed by atoms with van der Waals surface area (Å²) in [4.78, 5) is 48.4. The van der Waals surface area contributed by atoms with Crippen LogP contribution in [0.5, 0.6) is 0 Å². The number of phosphoric ester groups is 1. The van der Waals surface area contributed by atoms with E-state index in [0.717, 1.165) is 89.9 Å². The van der Waals surface area contributed by atoms with Gasteiger partial charge in [0.05, 0.1) is 19.8 Å². The molecule has 3 unspecified atom stereocenters. The highest BCUT2D eigenvalue weighted by Crippen LogP contribution is 2.43. The van der Waals surface area contributed by atoms with E-state index >= 15 is 0 Å². The fourth-order valence-electron chi connectivity index (χ4n) is 7.76. The number of esters is 3. The minimum atomic E-state index is -4.77. The predicted molar refractivity (Wildman–Crippen MR) is 298 cm³/mol. The quantitative estimate of drug-likeness (QED) is 0.0197. The number of ether oxygens (including phenoxy) is 3. The van der Waals surface area contributed by atoms with Gasteiger partial charge in [0.2, 0.25) is 0 Å². The zero-order chi connectivity index (χ0) is 52.7. The van der Waals surface area contributed by atoms with Gasteiger partial charge >= 0.3 is 25.7 Å². The monoisotopic (exact) mass is 1030 g/mol. The van der Waals surface area contributed by atoms with E-state index in [4.69, 9.17) is 23.3 Å². The van der Waals surface area contributed by atoms with E-state index in [0.29, 0.717) is 19.3 Å². The minimum absolute atomic E-state index is 0.0544. The van der Waals surface area contributed by atoms with Crippen LogP contribution in [0.2, 0.25) is 0 Å². The molecule has 0 amide bonds. The van der Waals surface area contributed by atoms with Crippen LogP contribution in [0.4, 0.5) is 0 Å². The molecule has 0 aromatic heterocycles. The third-order valence-electron chi connectivity index (χ3n) is 12.1. The maximum absolute atomic E-state index is 12.9. The number of unbranched alkanes of at least 4 members (excludes halogenated alkanes) is 24. The van der Waals surface area contributed by atoms with Crippen LogP contribution in [0.25, 0.3) is 0 Å². The molecule has 11 nitrogen and oxygen atoms in total. The second-order valence-electron chi connectivity index (χ2n) is 19.1. The molecule has 3 atom stereocenters. The van der Waals surface area contributed by atoms with E-state index in [-0.39, 0.29) is 25.9 Å². The summed E-state index contributed by atoms with van der Waals surface area (Å²) in [5, 5.41) is 9.78. The fraction of sp³-hybridized carbons (Fsp3) is 0.750. The number of hydrogen-bond acceptors (Lipinski definition) is 10. The van der Waals surface area contributed by atoms with Crippen molar-refractivity contribution in [2.24, 2.45) is 0 Å². The van der Waals surface area contributed by atoms with Crippen molar-refractivity contribution in [3.05, 3.63) is 72.9 Å². The summed E-state index contributed by atoms with van der Waals surface area (Å²) >= 11 is 0. The highest BCUT2D eigenvalue weighted by molar-refractivity contribution is 7.47. The Kier molecular flexibility index (Phi) is 51.9. The molecule has 0 aromatic carbocycles. The Balaban J connectivity index is 4.75. The molecule has 0 heterocycles. The summed E-state index contributed by atoms with van der Waals surface area (Å²) in [5.74, 6) is -1.56. The first-order valence-electron chi connectivity index (χ1n) is 28.8. The van der Waals surface area contributed by atoms with Gasteiger partial charge < -0.3 is 24.2 Å². The van der Waals surface area contributed by atoms with E-state index in [2.05, 4.69) is 81.5 Å². The lowest BCUT2D eigenvalue weighted by molar-refractivity contribution is -0.161. The number of rotatable bonds is 53. The van der Waals surface area contributed by atoms with Crippen LogP contribution in [-0.4, -0.2) is 66.5 Å². The lowest BCUT2D eigenvalue weighted by Crippen LogP contribution is -2.30. The van der Waals surface area contributed by atoms with Gasteiger partial charge in [0.25, 0.3) is 0 Å². The summed E-state index contributed by atoms with van der Waals surface area (Å²) in [6.45, 7) is 4.39. The molecule has 0 rings (SSSR count). The second kappa shape index (κ2) is 54.2. The molecule has 2 N–H and O–H groups in total. The van der Waals surface area contributed by atoms with Gasteiger partial charge in [-0.15, -0.1) is 0 Å². The SMILES string of the molecule is CC/C=C\C/C=C\C/C=C\C/C=C\CCC(=O)OC(CO)COP(=O)(O)OCC(COC(=O)CCCCCCC/C=C\C/C=C\CCC)OC(=O)CCCCCCCCCCCCCCCCCCCCC. The van der Waals surface area contributed by atoms with Crippen LogP contribution in [-0.2, 0) is 42.2 Å². The lowest BCUT2D eigenvalue weighted by atomic mass is 10.0. The molecule has 0 radical (unpaired) electrons. The summed E-state index contributed by atoms with van der Waals surface area (Å²) < 4.78 is 39.4. The van der Waals surface area contributed by atoms with Crippen molar-refractivity contribution in [2.75, 3.05) is 26.4 Å². The predicted octanol–water partition coefficient (Wildman–Crippen LogP) is 16.9. The van der Waals surface area contributed by atoms with E-state index in [1.807, 2.05) is 12.2 Å². The van der Waals surface area contributed by atoms with E-state index in [1.54, 1.807) is 0 Å². The average Bonchev–Trinajstić information content (AvgIpc) is 3.37. The standard InChI is InChI=1S/C60H105O11P/c1-4-7-10-13-16-19-22-25-26-27-28-29-30-33-36-39-42-45-48-51-60(64)71-57(53-67-58(62)49-46-43-40-37-34-31-23-20-17-14-11-8-5-2)55-69-72(65,66)68-54-56(52-61)70-59(63)50-47-44-41-38-35-32-24-21-18-15-12-9-6-3/h9,11-12,14,18,20-21,23,32,35,41,44,56-57,61H,4-8,10,13,15-17,19,22,24-31,33-34,36-40,42-43,45-55H2,1-3H3,(H,65,66)/b12-9-,14-11-,21-18-,23-20-,35-32-,44-41-. The van der Waals surface area contributed by atoms with E-state index in [9.17, 15) is 28.9 Å². The first kappa shape index (κ1) is 68.9. The number of carbonyl (C=O) groups is 3. The van der Waals surface area contributed by atoms with Gasteiger partial charge in [-0.3, -0.25) is 23.4 Å². The summed E-state index contributed by atoms with van der Waals surface area (Å²) in [5.41, 5.74) is 0. The zero-order valence-electron chi connectivity index (χ0n) is 45.9. The van der Waals surface area contributed by atoms with E-state index in [1.165, 1.54) is 103 Å². The Bertz CT molecular complexity index is 1490. The summed E-state index contributed by atoms with van der Waals surface area (Å²) in [7, 11) is -4.77. The largest absolute Gasteiger partial charge is 0.472 e. The van der Waals surface area contributed by atoms with Gasteiger partial charge in [0.1, 0.15) is 12.7 Å². The highest BCUT2D eigenvalue weighted by atomic mass is 31.2. The van der Waals surface area contributed by atoms with Crippen LogP contribution < -0.4 is 0 Å². The molecule has 0 saturated heterocycles. The minimum Gasteiger partial charge on any atom is -0.462 e. The third kappa shape index (κ3) is 51.8. The molecule has 0 aliphatic rings. The first-order valence-corrected chi connectivity index (χ1v) is 30.3. The number of carbonyl (C=O) groups excluding carboxylic acids is 3. The van der Waals surface area contributed by atoms with Crippen molar-refractivity contribution in [2.45, 2.75) is 264 Å². The molecule has 0 aliphatic heterocycles. The van der Waals surface area contributed by atoms with Crippen LogP contribution in [0.1, 0.15) is 252 Å². The Morgan fingerprint density at radius 2 is 0.778 bits per heavy atom. The molecule has 12 heteroatoms. The first-order chi connectivity index (χ1) is 35.2. The normalized spacial score (nSPS) is 13.9. The lowest BCUT2D eigenvalue weighted by Gasteiger charge is -2.21. The number of hydrogen-bond donors (Lipinski definition) is 2. The van der Waals surface area contributed by atoms with Crippen LogP contribution >= 0.6 is 7.82 Å². The summed E-state index contributed by atoms with van der Waals surface area (Å²) in [6.07, 6.45) is 60.3. The molecular formula is C60H105O11P. The Labute approximate surface area is 439 Å². The molecule has 0 bridgehead atoms. The van der Waals surface area contributed by atoms with Gasteiger partial charge in [-0.1, -0.05) is 235 Å². The molecule has 416 valence electrons. The van der Waals surface area contributed by atoms with Crippen molar-refractivity contribution in [1.82, 2.24) is 0 Å². The maximum Gasteiger partial charge on any atom is 0.472 e. The van der Waals surface area contributed by atoms with Crippen molar-refractivity contribution in [3.8, 4) is 0 Å². The molecule has 0 spiro atoms. The van der Waals surface area contributed by atoms with Crippen molar-refractivity contribution in [1.29, 1.82) is 0 Å². The average molecular weight is 1030 g/mol. The zero-order valence-corrected chi connectivity index (χ0v) is 46.8. The Morgan fingerprint density at radius 1 is 0.403 bits per heavy atom. The maximum atomic E-state index is 12.9. The van der Waals surface area contributed by atoms with Crippen LogP contribution in [0.3, 0.4) is 0 Å². The molecule has 0 aliphatic carbocycles. The molecular weight excluding hydrogens is 928 g/mol. The topological polar surface area (TPSA) is 155 Å². The second-order valence-corrected chi connectivity index (χ2v) is 20.5. The Morgan fingerprint density at radius 3 is 1.25 bits per heavy atom. The highest BCUT2D eigenvalue weighted by Gasteiger charge is 2.28. The molecule has 72 heavy (non-hydrogen) atoms. The van der Waals surface area contributed by atoms with Gasteiger partial charge in [-0.2, -0.15) is 0 Å². The van der Waals surface area contributed by atoms with Gasteiger partial charge in [0, 0.05) is 19.3 Å². The van der Waals surface area contributed by atoms with Gasteiger partial charge in [-0.25, -0.2) is 4.57 Å². The molecule has 0 saturated carbocycles. The third-order valence-corrected chi connectivity index (χ3v) is 13.1. The number of aliphatic hydroxyl groups excluding tert-OH is 1. The number of phosphoric acid groups is 1. The van der Waals surface area contributed by atoms with Crippen LogP contribution in [0.15, 0.2) is 72.9 Å². The van der Waals surface area contributed by atoms with E-state index < -0.39 is 57.8 Å². The summed E-state index contributed by atoms with van der Waals surface area (Å²) in [6, 6.07) is 0. The van der Waals surface area contributed by atoms with Crippen molar-refractivity contribution >= 4 is 25.7 Å². The van der Waals surface area contributed by atoms with Crippen molar-refractivity contribution in [3.63, 3.8) is 0 Å². The molecule has 0 fully saturated rings. The van der Waals surface area contributed by atoms with Gasteiger partial charge in [0.15, 0.2) is 6.10 Å². The number of allylic oxidation sites excluding steroid dienone is 12. The smallest absolute Gasteiger partial charge is 0.462 e. The fourth-order valence-corrected chi connectivity index (χ4v) is 8.55. The number of aliphatic hydroxyl groups is 1. The van der Waals surface area contributed by atoms with Gasteiger partial charge in [-0.05, 0) is 70.6 Å². The van der Waals surface area contributed by atoms with Crippen LogP contribution in [0, 0.1) is 0 Å². The van der Waals surface area contributed by atoms with Crippen molar-refractivity contribution < 1.29 is 52.2 Å². The molecule has 0 aromatic rings. The Hall–Kier alpha value is -3.08.